The molecule has 0 heterocycles. The van der Waals surface area contributed by atoms with Gasteiger partial charge in [0.2, 0.25) is 0 Å². The Morgan fingerprint density at radius 3 is 2.25 bits per heavy atom. The lowest BCUT2D eigenvalue weighted by Crippen LogP contribution is -2.32. The van der Waals surface area contributed by atoms with Gasteiger partial charge in [-0.2, -0.15) is 0 Å². The van der Waals surface area contributed by atoms with Gasteiger partial charge >= 0.3 is 0 Å². The molecule has 28 heavy (non-hydrogen) atoms. The van der Waals surface area contributed by atoms with Crippen molar-refractivity contribution in [2.45, 2.75) is 19.4 Å². The molecule has 3 rings (SSSR count). The van der Waals surface area contributed by atoms with Gasteiger partial charge in [0.05, 0.1) is 5.69 Å². The standard InChI is InChI=1S/C23H20ClNO3/c1-2-21(28-18-11-7-4-8-12-18)23(27)25-20-14-13-17(24)15-19(20)22(26)16-9-5-3-6-10-16/h3-15,21H,2H2,1H3,(H,25,27). The van der Waals surface area contributed by atoms with Crippen molar-refractivity contribution in [1.29, 1.82) is 0 Å². The number of amides is 1. The van der Waals surface area contributed by atoms with Gasteiger partial charge in [-0.1, -0.05) is 67.1 Å². The number of carbonyl (C=O) groups excluding carboxylic acids is 2. The zero-order valence-electron chi connectivity index (χ0n) is 15.4. The Morgan fingerprint density at radius 2 is 1.61 bits per heavy atom. The summed E-state index contributed by atoms with van der Waals surface area (Å²) in [6, 6.07) is 22.8. The number of ether oxygens (including phenoxy) is 1. The highest BCUT2D eigenvalue weighted by molar-refractivity contribution is 6.31. The first-order chi connectivity index (χ1) is 13.6. The van der Waals surface area contributed by atoms with Crippen LogP contribution in [0.4, 0.5) is 5.69 Å². The molecule has 1 amide bonds. The van der Waals surface area contributed by atoms with Crippen LogP contribution in [0.3, 0.4) is 0 Å². The summed E-state index contributed by atoms with van der Waals surface area (Å²) in [6.07, 6.45) is -0.200. The van der Waals surface area contributed by atoms with Crippen molar-refractivity contribution in [2.75, 3.05) is 5.32 Å². The van der Waals surface area contributed by atoms with E-state index in [1.165, 1.54) is 0 Å². The lowest BCUT2D eigenvalue weighted by Gasteiger charge is -2.18. The largest absolute Gasteiger partial charge is 0.481 e. The molecular formula is C23H20ClNO3. The van der Waals surface area contributed by atoms with E-state index < -0.39 is 6.10 Å². The minimum Gasteiger partial charge on any atom is -0.481 e. The van der Waals surface area contributed by atoms with Crippen molar-refractivity contribution in [3.05, 3.63) is 95.0 Å². The number of rotatable bonds is 7. The molecule has 0 saturated heterocycles. The molecule has 1 atom stereocenters. The second-order valence-electron chi connectivity index (χ2n) is 6.20. The first-order valence-corrected chi connectivity index (χ1v) is 9.38. The third-order valence-electron chi connectivity index (χ3n) is 4.20. The topological polar surface area (TPSA) is 55.4 Å². The van der Waals surface area contributed by atoms with Gasteiger partial charge < -0.3 is 10.1 Å². The molecule has 3 aromatic rings. The zero-order chi connectivity index (χ0) is 19.9. The van der Waals surface area contributed by atoms with Gasteiger partial charge in [-0.25, -0.2) is 0 Å². The van der Waals surface area contributed by atoms with Gasteiger partial charge in [-0.3, -0.25) is 9.59 Å². The molecule has 142 valence electrons. The molecule has 0 aromatic heterocycles. The van der Waals surface area contributed by atoms with Crippen LogP contribution in [-0.2, 0) is 4.79 Å². The van der Waals surface area contributed by atoms with Crippen LogP contribution in [0, 0.1) is 0 Å². The highest BCUT2D eigenvalue weighted by Gasteiger charge is 2.22. The summed E-state index contributed by atoms with van der Waals surface area (Å²) in [7, 11) is 0. The minimum absolute atomic E-state index is 0.213. The molecule has 0 aliphatic carbocycles. The quantitative estimate of drug-likeness (QED) is 0.549. The Bertz CT molecular complexity index is 958. The van der Waals surface area contributed by atoms with E-state index in [1.807, 2.05) is 31.2 Å². The Hall–Kier alpha value is -3.11. The van der Waals surface area contributed by atoms with E-state index in [0.717, 1.165) is 0 Å². The molecule has 0 spiro atoms. The van der Waals surface area contributed by atoms with E-state index in [0.29, 0.717) is 34.0 Å². The Morgan fingerprint density at radius 1 is 0.964 bits per heavy atom. The van der Waals surface area contributed by atoms with Crippen LogP contribution in [0.15, 0.2) is 78.9 Å². The summed E-state index contributed by atoms with van der Waals surface area (Å²) >= 11 is 6.09. The summed E-state index contributed by atoms with van der Waals surface area (Å²) < 4.78 is 5.78. The van der Waals surface area contributed by atoms with Crippen LogP contribution < -0.4 is 10.1 Å². The van der Waals surface area contributed by atoms with Gasteiger partial charge in [0, 0.05) is 16.1 Å². The van der Waals surface area contributed by atoms with Crippen LogP contribution in [0.25, 0.3) is 0 Å². The number of carbonyl (C=O) groups is 2. The minimum atomic E-state index is -0.683. The normalized spacial score (nSPS) is 11.5. The highest BCUT2D eigenvalue weighted by Crippen LogP contribution is 2.24. The fourth-order valence-corrected chi connectivity index (χ4v) is 2.93. The number of hydrogen-bond acceptors (Lipinski definition) is 3. The molecule has 5 heteroatoms. The SMILES string of the molecule is CCC(Oc1ccccc1)C(=O)Nc1ccc(Cl)cc1C(=O)c1ccccc1. The number of hydrogen-bond donors (Lipinski definition) is 1. The molecule has 0 aliphatic rings. The summed E-state index contributed by atoms with van der Waals surface area (Å²) in [5.41, 5.74) is 1.26. The van der Waals surface area contributed by atoms with E-state index in [9.17, 15) is 9.59 Å². The van der Waals surface area contributed by atoms with E-state index in [1.54, 1.807) is 54.6 Å². The Kier molecular flexibility index (Phi) is 6.45. The van der Waals surface area contributed by atoms with Crippen LogP contribution >= 0.6 is 11.6 Å². The number of benzene rings is 3. The predicted molar refractivity (Wildman–Crippen MR) is 111 cm³/mol. The number of nitrogens with one attached hydrogen (secondary N) is 1. The monoisotopic (exact) mass is 393 g/mol. The van der Waals surface area contributed by atoms with Gasteiger partial charge in [0.1, 0.15) is 5.75 Å². The maximum Gasteiger partial charge on any atom is 0.265 e. The lowest BCUT2D eigenvalue weighted by atomic mass is 10.0. The second kappa shape index (κ2) is 9.20. The summed E-state index contributed by atoms with van der Waals surface area (Å²) in [6.45, 7) is 1.87. The number of para-hydroxylation sites is 1. The lowest BCUT2D eigenvalue weighted by molar-refractivity contribution is -0.122. The van der Waals surface area contributed by atoms with Crippen molar-refractivity contribution in [3.63, 3.8) is 0 Å². The van der Waals surface area contributed by atoms with Gasteiger partial charge in [-0.15, -0.1) is 0 Å². The van der Waals surface area contributed by atoms with Crippen molar-refractivity contribution in [3.8, 4) is 5.75 Å². The fraction of sp³-hybridized carbons (Fsp3) is 0.130. The van der Waals surface area contributed by atoms with E-state index in [2.05, 4.69) is 5.32 Å². The van der Waals surface area contributed by atoms with Crippen LogP contribution in [0.2, 0.25) is 5.02 Å². The smallest absolute Gasteiger partial charge is 0.265 e. The fourth-order valence-electron chi connectivity index (χ4n) is 2.76. The molecule has 0 radical (unpaired) electrons. The molecule has 0 aliphatic heterocycles. The molecule has 0 bridgehead atoms. The third kappa shape index (κ3) is 4.78. The van der Waals surface area contributed by atoms with Crippen LogP contribution in [0.5, 0.6) is 5.75 Å². The van der Waals surface area contributed by atoms with Gasteiger partial charge in [-0.05, 0) is 36.8 Å². The number of anilines is 1. The molecule has 0 fully saturated rings. The average molecular weight is 394 g/mol. The second-order valence-corrected chi connectivity index (χ2v) is 6.64. The third-order valence-corrected chi connectivity index (χ3v) is 4.44. The maximum absolute atomic E-state index is 12.9. The van der Waals surface area contributed by atoms with Crippen molar-refractivity contribution < 1.29 is 14.3 Å². The average Bonchev–Trinajstić information content (AvgIpc) is 2.74. The molecule has 0 saturated carbocycles. The summed E-state index contributed by atoms with van der Waals surface area (Å²) in [4.78, 5) is 25.7. The van der Waals surface area contributed by atoms with Gasteiger partial charge in [0.15, 0.2) is 11.9 Å². The predicted octanol–water partition coefficient (Wildman–Crippen LogP) is 5.37. The molecule has 1 N–H and O–H groups in total. The van der Waals surface area contributed by atoms with Crippen molar-refractivity contribution in [1.82, 2.24) is 0 Å². The molecule has 3 aromatic carbocycles. The summed E-state index contributed by atoms with van der Waals surface area (Å²) in [5.74, 6) is 0.0763. The number of halogens is 1. The Balaban J connectivity index is 1.83. The first-order valence-electron chi connectivity index (χ1n) is 9.00. The zero-order valence-corrected chi connectivity index (χ0v) is 16.1. The van der Waals surface area contributed by atoms with Crippen LogP contribution in [-0.4, -0.2) is 17.8 Å². The molecular weight excluding hydrogens is 374 g/mol. The highest BCUT2D eigenvalue weighted by atomic mass is 35.5. The molecule has 4 nitrogen and oxygen atoms in total. The van der Waals surface area contributed by atoms with E-state index in [-0.39, 0.29) is 11.7 Å². The first kappa shape index (κ1) is 19.6. The van der Waals surface area contributed by atoms with E-state index >= 15 is 0 Å². The van der Waals surface area contributed by atoms with Crippen LogP contribution in [0.1, 0.15) is 29.3 Å². The van der Waals surface area contributed by atoms with Crippen molar-refractivity contribution in [2.24, 2.45) is 0 Å². The van der Waals surface area contributed by atoms with Crippen molar-refractivity contribution >= 4 is 29.0 Å². The summed E-state index contributed by atoms with van der Waals surface area (Å²) in [5, 5.41) is 3.24. The molecule has 1 unspecified atom stereocenters. The van der Waals surface area contributed by atoms with Gasteiger partial charge in [0.25, 0.3) is 5.91 Å². The number of ketones is 1. The maximum atomic E-state index is 12.9. The van der Waals surface area contributed by atoms with E-state index in [4.69, 9.17) is 16.3 Å². The Labute approximate surface area is 169 Å².